The molecule has 0 saturated carbocycles. The van der Waals surface area contributed by atoms with Gasteiger partial charge in [0.25, 0.3) is 23.6 Å². The maximum absolute atomic E-state index is 14.2. The molecule has 4 rings (SSSR count). The first-order chi connectivity index (χ1) is 18.0. The Morgan fingerprint density at radius 3 is 1.18 bits per heavy atom. The molecule has 2 fully saturated rings. The third-order valence-corrected chi connectivity index (χ3v) is 8.09. The van der Waals surface area contributed by atoms with Gasteiger partial charge in [-0.1, -0.05) is 23.2 Å². The molecule has 202 valence electrons. The molecular weight excluding hydrogens is 527 g/mol. The van der Waals surface area contributed by atoms with Crippen LogP contribution in [0.25, 0.3) is 0 Å². The van der Waals surface area contributed by atoms with Gasteiger partial charge < -0.3 is 20.4 Å². The van der Waals surface area contributed by atoms with Crippen LogP contribution in [0, 0.1) is 0 Å². The zero-order chi connectivity index (χ0) is 27.5. The number of nitrogens with one attached hydrogen (secondary N) is 2. The third-order valence-electron chi connectivity index (χ3n) is 7.58. The molecule has 0 unspecified atom stereocenters. The minimum absolute atomic E-state index is 0.273. The van der Waals surface area contributed by atoms with Crippen LogP contribution < -0.4 is 10.6 Å². The van der Waals surface area contributed by atoms with E-state index in [1.807, 2.05) is 0 Å². The van der Waals surface area contributed by atoms with Gasteiger partial charge in [-0.15, -0.1) is 0 Å². The van der Waals surface area contributed by atoms with E-state index in [1.54, 1.807) is 58.3 Å². The molecule has 0 bridgehead atoms. The second-order valence-electron chi connectivity index (χ2n) is 10.2. The molecule has 2 heterocycles. The first kappa shape index (κ1) is 27.9. The number of amides is 4. The molecule has 0 aliphatic carbocycles. The van der Waals surface area contributed by atoms with Gasteiger partial charge in [-0.2, -0.15) is 0 Å². The van der Waals surface area contributed by atoms with Gasteiger partial charge in [0.1, 0.15) is 11.1 Å². The molecule has 2 atom stereocenters. The van der Waals surface area contributed by atoms with E-state index >= 15 is 0 Å². The molecule has 0 radical (unpaired) electrons. The van der Waals surface area contributed by atoms with Crippen LogP contribution in [0.2, 0.25) is 10.0 Å². The van der Waals surface area contributed by atoms with E-state index in [9.17, 15) is 19.2 Å². The number of hydrogen-bond acceptors (Lipinski definition) is 4. The summed E-state index contributed by atoms with van der Waals surface area (Å²) in [5, 5.41) is 6.64. The molecule has 2 N–H and O–H groups in total. The molecule has 10 heteroatoms. The maximum atomic E-state index is 14.2. The molecule has 2 aliphatic rings. The number of carbonyl (C=O) groups is 4. The summed E-state index contributed by atoms with van der Waals surface area (Å²) in [6.45, 7) is 5.07. The molecule has 8 nitrogen and oxygen atoms in total. The SMILES string of the molecule is C[C@@](NC(=O)c1ccc(Cl)cc1)(C(=O)N1CCCC1)[C@](C)(NC(=O)c1ccc(Cl)cc1)C(=O)N1CCCC1. The van der Waals surface area contributed by atoms with Crippen molar-refractivity contribution in [2.75, 3.05) is 26.2 Å². The number of nitrogens with zero attached hydrogens (tertiary/aromatic N) is 2. The Labute approximate surface area is 232 Å². The van der Waals surface area contributed by atoms with Crippen LogP contribution >= 0.6 is 23.2 Å². The molecule has 38 heavy (non-hydrogen) atoms. The maximum Gasteiger partial charge on any atom is 0.252 e. The average molecular weight is 559 g/mol. The Bertz CT molecular complexity index is 1110. The van der Waals surface area contributed by atoms with E-state index in [0.29, 0.717) is 36.2 Å². The standard InChI is InChI=1S/C28H32Cl2N4O4/c1-27(25(37)33-15-3-4-16-33,31-23(35)19-7-11-21(29)12-8-19)28(2,26(38)34-17-5-6-18-34)32-24(36)20-9-13-22(30)14-10-20/h7-14H,3-6,15-18H2,1-2H3,(H,31,35)(H,32,36)/t27-,28-/m1/s1. The lowest BCUT2D eigenvalue weighted by Crippen LogP contribution is -2.78. The number of benzene rings is 2. The van der Waals surface area contributed by atoms with Gasteiger partial charge in [-0.25, -0.2) is 0 Å². The Kier molecular flexibility index (Phi) is 8.33. The monoisotopic (exact) mass is 558 g/mol. The van der Waals surface area contributed by atoms with Gasteiger partial charge in [0.2, 0.25) is 0 Å². The molecule has 4 amide bonds. The number of rotatable bonds is 7. The van der Waals surface area contributed by atoms with Gasteiger partial charge in [0.15, 0.2) is 0 Å². The molecule has 0 spiro atoms. The van der Waals surface area contributed by atoms with Crippen LogP contribution in [0.1, 0.15) is 60.2 Å². The summed E-state index contributed by atoms with van der Waals surface area (Å²) in [5.74, 6) is -1.97. The second-order valence-corrected chi connectivity index (χ2v) is 11.0. The Morgan fingerprint density at radius 2 is 0.895 bits per heavy atom. The van der Waals surface area contributed by atoms with Crippen molar-refractivity contribution in [2.45, 2.75) is 50.6 Å². The van der Waals surface area contributed by atoms with Crippen LogP contribution in [0.15, 0.2) is 48.5 Å². The van der Waals surface area contributed by atoms with Crippen molar-refractivity contribution in [1.29, 1.82) is 0 Å². The molecule has 2 aliphatic heterocycles. The topological polar surface area (TPSA) is 98.8 Å². The van der Waals surface area contributed by atoms with Gasteiger partial charge in [-0.05, 0) is 88.1 Å². The summed E-state index contributed by atoms with van der Waals surface area (Å²) in [6.07, 6.45) is 3.28. The highest BCUT2D eigenvalue weighted by molar-refractivity contribution is 6.31. The Hall–Kier alpha value is -3.10. The highest BCUT2D eigenvalue weighted by Gasteiger charge is 2.59. The number of halogens is 2. The molecular formula is C28H32Cl2N4O4. The number of carbonyl (C=O) groups excluding carboxylic acids is 4. The zero-order valence-corrected chi connectivity index (χ0v) is 23.1. The number of likely N-dealkylation sites (tertiary alicyclic amines) is 2. The van der Waals surface area contributed by atoms with E-state index in [2.05, 4.69) is 10.6 Å². The van der Waals surface area contributed by atoms with Crippen LogP contribution in [0.4, 0.5) is 0 Å². The fraction of sp³-hybridized carbons (Fsp3) is 0.429. The quantitative estimate of drug-likeness (QED) is 0.538. The second kappa shape index (κ2) is 11.3. The summed E-state index contributed by atoms with van der Waals surface area (Å²) in [4.78, 5) is 58.6. The molecule has 2 aromatic carbocycles. The molecule has 0 aromatic heterocycles. The molecule has 2 saturated heterocycles. The first-order valence-corrected chi connectivity index (χ1v) is 13.6. The lowest BCUT2D eigenvalue weighted by molar-refractivity contribution is -0.149. The van der Waals surface area contributed by atoms with E-state index in [0.717, 1.165) is 25.7 Å². The lowest BCUT2D eigenvalue weighted by Gasteiger charge is -2.47. The largest absolute Gasteiger partial charge is 0.341 e. The minimum Gasteiger partial charge on any atom is -0.341 e. The predicted octanol–water partition coefficient (Wildman–Crippen LogP) is 3.92. The van der Waals surface area contributed by atoms with Crippen molar-refractivity contribution in [3.05, 3.63) is 69.7 Å². The normalized spacial score (nSPS) is 18.4. The van der Waals surface area contributed by atoms with Crippen molar-refractivity contribution in [2.24, 2.45) is 0 Å². The third kappa shape index (κ3) is 5.52. The highest BCUT2D eigenvalue weighted by atomic mass is 35.5. The summed E-state index contributed by atoms with van der Waals surface area (Å²) in [5.41, 5.74) is -3.07. The van der Waals surface area contributed by atoms with Crippen molar-refractivity contribution in [3.63, 3.8) is 0 Å². The average Bonchev–Trinajstić information content (AvgIpc) is 3.63. The lowest BCUT2D eigenvalue weighted by atomic mass is 9.76. The van der Waals surface area contributed by atoms with Gasteiger partial charge >= 0.3 is 0 Å². The molecule has 2 aromatic rings. The summed E-state index contributed by atoms with van der Waals surface area (Å²) >= 11 is 12.0. The van der Waals surface area contributed by atoms with Gasteiger partial charge in [0, 0.05) is 47.4 Å². The van der Waals surface area contributed by atoms with E-state index in [-0.39, 0.29) is 11.1 Å². The summed E-state index contributed by atoms with van der Waals surface area (Å²) in [6, 6.07) is 12.5. The zero-order valence-electron chi connectivity index (χ0n) is 21.6. The van der Waals surface area contributed by atoms with E-state index in [1.165, 1.54) is 13.8 Å². The van der Waals surface area contributed by atoms with Crippen molar-refractivity contribution in [3.8, 4) is 0 Å². The summed E-state index contributed by atoms with van der Waals surface area (Å²) < 4.78 is 0. The smallest absolute Gasteiger partial charge is 0.252 e. The van der Waals surface area contributed by atoms with Crippen LogP contribution in [0.3, 0.4) is 0 Å². The van der Waals surface area contributed by atoms with Crippen molar-refractivity contribution < 1.29 is 19.2 Å². The van der Waals surface area contributed by atoms with Gasteiger partial charge in [-0.3, -0.25) is 19.2 Å². The van der Waals surface area contributed by atoms with E-state index in [4.69, 9.17) is 23.2 Å². The Balaban J connectivity index is 1.79. The van der Waals surface area contributed by atoms with Crippen molar-refractivity contribution in [1.82, 2.24) is 20.4 Å². The van der Waals surface area contributed by atoms with Gasteiger partial charge in [0.05, 0.1) is 0 Å². The fourth-order valence-electron chi connectivity index (χ4n) is 5.06. The minimum atomic E-state index is -1.81. The summed E-state index contributed by atoms with van der Waals surface area (Å²) in [7, 11) is 0. The highest BCUT2D eigenvalue weighted by Crippen LogP contribution is 2.31. The van der Waals surface area contributed by atoms with E-state index < -0.39 is 34.7 Å². The van der Waals surface area contributed by atoms with Crippen molar-refractivity contribution >= 4 is 46.8 Å². The predicted molar refractivity (Wildman–Crippen MR) is 146 cm³/mol. The first-order valence-electron chi connectivity index (χ1n) is 12.8. The van der Waals surface area contributed by atoms with Crippen LogP contribution in [-0.4, -0.2) is 70.7 Å². The van der Waals surface area contributed by atoms with Crippen LogP contribution in [-0.2, 0) is 9.59 Å². The Morgan fingerprint density at radius 1 is 0.605 bits per heavy atom. The number of hydrogen-bond donors (Lipinski definition) is 2. The van der Waals surface area contributed by atoms with Crippen LogP contribution in [0.5, 0.6) is 0 Å². The fourth-order valence-corrected chi connectivity index (χ4v) is 5.31.